The summed E-state index contributed by atoms with van der Waals surface area (Å²) >= 11 is 12.6. The molecule has 2 amide bonds. The second kappa shape index (κ2) is 13.9. The van der Waals surface area contributed by atoms with Gasteiger partial charge in [0.1, 0.15) is 12.6 Å². The van der Waals surface area contributed by atoms with E-state index < -0.39 is 28.5 Å². The molecule has 3 aromatic carbocycles. The number of rotatable bonds is 11. The Morgan fingerprint density at radius 1 is 0.929 bits per heavy atom. The van der Waals surface area contributed by atoms with Gasteiger partial charge < -0.3 is 10.2 Å². The van der Waals surface area contributed by atoms with Gasteiger partial charge >= 0.3 is 0 Å². The molecule has 1 atom stereocenters. The summed E-state index contributed by atoms with van der Waals surface area (Å²) in [6.45, 7) is 5.24. The summed E-state index contributed by atoms with van der Waals surface area (Å²) in [4.78, 5) is 28.9. The van der Waals surface area contributed by atoms with Crippen molar-refractivity contribution in [3.8, 4) is 0 Å². The number of carbonyl (C=O) groups is 2. The van der Waals surface area contributed by atoms with Crippen LogP contribution in [0.2, 0.25) is 10.0 Å². The molecule has 1 saturated carbocycles. The number of nitrogens with zero attached hydrogens (tertiary/aromatic N) is 2. The van der Waals surface area contributed by atoms with Crippen molar-refractivity contribution in [1.29, 1.82) is 0 Å². The summed E-state index contributed by atoms with van der Waals surface area (Å²) < 4.78 is 29.0. The molecule has 0 aliphatic heterocycles. The molecule has 1 aliphatic rings. The molecule has 42 heavy (non-hydrogen) atoms. The first kappa shape index (κ1) is 31.9. The Morgan fingerprint density at radius 3 is 2.17 bits per heavy atom. The van der Waals surface area contributed by atoms with Crippen LogP contribution in [0.3, 0.4) is 0 Å². The summed E-state index contributed by atoms with van der Waals surface area (Å²) in [5.41, 5.74) is 1.98. The highest BCUT2D eigenvalue weighted by molar-refractivity contribution is 7.92. The highest BCUT2D eigenvalue weighted by atomic mass is 35.5. The van der Waals surface area contributed by atoms with Crippen LogP contribution in [-0.2, 0) is 26.2 Å². The van der Waals surface area contributed by atoms with Crippen LogP contribution in [0, 0.1) is 0 Å². The van der Waals surface area contributed by atoms with Crippen LogP contribution < -0.4 is 9.62 Å². The average molecular weight is 631 g/mol. The third kappa shape index (κ3) is 7.65. The second-order valence-electron chi connectivity index (χ2n) is 11.0. The van der Waals surface area contributed by atoms with Gasteiger partial charge in [-0.3, -0.25) is 13.9 Å². The molecular formula is C32H37Cl2N3O4S. The van der Waals surface area contributed by atoms with E-state index in [0.717, 1.165) is 35.6 Å². The van der Waals surface area contributed by atoms with Crippen LogP contribution >= 0.6 is 23.2 Å². The van der Waals surface area contributed by atoms with Crippen LogP contribution in [0.5, 0.6) is 0 Å². The lowest BCUT2D eigenvalue weighted by molar-refractivity contribution is -0.139. The second-order valence-corrected chi connectivity index (χ2v) is 13.7. The zero-order valence-corrected chi connectivity index (χ0v) is 26.4. The number of hydrogen-bond donors (Lipinski definition) is 1. The molecule has 0 unspecified atom stereocenters. The highest BCUT2D eigenvalue weighted by Gasteiger charge is 2.33. The molecule has 0 spiro atoms. The third-order valence-corrected chi connectivity index (χ3v) is 10.1. The van der Waals surface area contributed by atoms with E-state index >= 15 is 0 Å². The Hall–Kier alpha value is -3.07. The van der Waals surface area contributed by atoms with E-state index in [2.05, 4.69) is 19.2 Å². The largest absolute Gasteiger partial charge is 0.352 e. The summed E-state index contributed by atoms with van der Waals surface area (Å²) in [5.74, 6) is -0.583. The Bertz CT molecular complexity index is 1490. The minimum absolute atomic E-state index is 0.000396. The molecule has 0 aromatic heterocycles. The molecule has 10 heteroatoms. The van der Waals surface area contributed by atoms with E-state index in [4.69, 9.17) is 23.2 Å². The number of halogens is 2. The van der Waals surface area contributed by atoms with E-state index in [1.165, 1.54) is 17.0 Å². The Kier molecular flexibility index (Phi) is 10.6. The minimum Gasteiger partial charge on any atom is -0.352 e. The maximum atomic E-state index is 14.1. The van der Waals surface area contributed by atoms with Crippen molar-refractivity contribution in [2.75, 3.05) is 10.8 Å². The third-order valence-electron chi connectivity index (χ3n) is 7.68. The van der Waals surface area contributed by atoms with Gasteiger partial charge in [-0.05, 0) is 73.2 Å². The molecule has 1 fully saturated rings. The number of amides is 2. The van der Waals surface area contributed by atoms with Crippen molar-refractivity contribution >= 4 is 50.7 Å². The lowest BCUT2D eigenvalue weighted by Gasteiger charge is -2.32. The van der Waals surface area contributed by atoms with Gasteiger partial charge in [-0.15, -0.1) is 0 Å². The Labute approximate surface area is 258 Å². The number of benzene rings is 3. The van der Waals surface area contributed by atoms with Gasteiger partial charge in [0.2, 0.25) is 11.8 Å². The zero-order chi connectivity index (χ0) is 30.4. The van der Waals surface area contributed by atoms with Crippen LogP contribution in [0.4, 0.5) is 5.69 Å². The first-order valence-corrected chi connectivity index (χ1v) is 16.4. The summed E-state index contributed by atoms with van der Waals surface area (Å²) in [6.07, 6.45) is 3.88. The summed E-state index contributed by atoms with van der Waals surface area (Å²) in [5, 5.41) is 3.85. The molecule has 1 aliphatic carbocycles. The van der Waals surface area contributed by atoms with Gasteiger partial charge in [-0.1, -0.05) is 86.3 Å². The van der Waals surface area contributed by atoms with Crippen molar-refractivity contribution < 1.29 is 18.0 Å². The first-order chi connectivity index (χ1) is 20.0. The number of sulfonamides is 1. The van der Waals surface area contributed by atoms with E-state index in [1.807, 2.05) is 12.1 Å². The van der Waals surface area contributed by atoms with Gasteiger partial charge in [0.25, 0.3) is 10.0 Å². The van der Waals surface area contributed by atoms with Crippen LogP contribution in [0.1, 0.15) is 63.5 Å². The van der Waals surface area contributed by atoms with E-state index in [1.54, 1.807) is 55.5 Å². The van der Waals surface area contributed by atoms with Crippen LogP contribution in [-0.4, -0.2) is 43.8 Å². The molecule has 7 nitrogen and oxygen atoms in total. The molecule has 224 valence electrons. The molecular weight excluding hydrogens is 593 g/mol. The smallest absolute Gasteiger partial charge is 0.264 e. The molecule has 0 bridgehead atoms. The minimum atomic E-state index is -4.13. The number of carbonyl (C=O) groups excluding carboxylic acids is 2. The number of nitrogens with one attached hydrogen (secondary N) is 1. The fourth-order valence-electron chi connectivity index (χ4n) is 5.08. The van der Waals surface area contributed by atoms with Crippen molar-refractivity contribution in [2.24, 2.45) is 0 Å². The molecule has 0 radical (unpaired) electrons. The molecule has 0 heterocycles. The predicted octanol–water partition coefficient (Wildman–Crippen LogP) is 6.79. The van der Waals surface area contributed by atoms with Gasteiger partial charge in [0, 0.05) is 22.6 Å². The van der Waals surface area contributed by atoms with Gasteiger partial charge in [-0.2, -0.15) is 0 Å². The fraction of sp³-hybridized carbons (Fsp3) is 0.375. The quantitative estimate of drug-likeness (QED) is 0.253. The topological polar surface area (TPSA) is 86.8 Å². The van der Waals surface area contributed by atoms with Crippen LogP contribution in [0.15, 0.2) is 77.7 Å². The highest BCUT2D eigenvalue weighted by Crippen LogP contribution is 2.28. The SMILES string of the molecule is CC(C)c1ccc(N(CC(=O)N(Cc2ccc(Cl)cc2Cl)[C@@H](C)C(=O)NC2CCCC2)S(=O)(=O)c2ccccc2)cc1. The van der Waals surface area contributed by atoms with Crippen molar-refractivity contribution in [1.82, 2.24) is 10.2 Å². The molecule has 3 aromatic rings. The van der Waals surface area contributed by atoms with Gasteiger partial charge in [0.05, 0.1) is 10.6 Å². The van der Waals surface area contributed by atoms with Crippen molar-refractivity contribution in [3.63, 3.8) is 0 Å². The van der Waals surface area contributed by atoms with Crippen LogP contribution in [0.25, 0.3) is 0 Å². The molecule has 4 rings (SSSR count). The Balaban J connectivity index is 1.70. The predicted molar refractivity (Wildman–Crippen MR) is 168 cm³/mol. The number of anilines is 1. The monoisotopic (exact) mass is 629 g/mol. The number of hydrogen-bond acceptors (Lipinski definition) is 4. The Morgan fingerprint density at radius 2 is 1.57 bits per heavy atom. The average Bonchev–Trinajstić information content (AvgIpc) is 3.48. The fourth-order valence-corrected chi connectivity index (χ4v) is 6.99. The maximum absolute atomic E-state index is 14.1. The standard InChI is InChI=1S/C32H37Cl2N3O4S/c1-22(2)24-14-17-28(18-15-24)37(42(40,41)29-11-5-4-6-12-29)21-31(38)36(20-25-13-16-26(33)19-30(25)34)23(3)32(39)35-27-9-7-8-10-27/h4-6,11-19,22-23,27H,7-10,20-21H2,1-3H3,(H,35,39)/t23-/m0/s1. The van der Waals surface area contributed by atoms with E-state index in [-0.39, 0.29) is 29.3 Å². The maximum Gasteiger partial charge on any atom is 0.264 e. The van der Waals surface area contributed by atoms with Gasteiger partial charge in [-0.25, -0.2) is 8.42 Å². The summed E-state index contributed by atoms with van der Waals surface area (Å²) in [7, 11) is -4.13. The first-order valence-electron chi connectivity index (χ1n) is 14.2. The lowest BCUT2D eigenvalue weighted by atomic mass is 10.0. The van der Waals surface area contributed by atoms with E-state index in [0.29, 0.717) is 21.3 Å². The molecule has 0 saturated heterocycles. The normalized spacial score (nSPS) is 14.5. The van der Waals surface area contributed by atoms with E-state index in [9.17, 15) is 18.0 Å². The van der Waals surface area contributed by atoms with Gasteiger partial charge in [0.15, 0.2) is 0 Å². The van der Waals surface area contributed by atoms with Crippen molar-refractivity contribution in [3.05, 3.63) is 94.0 Å². The summed E-state index contributed by atoms with van der Waals surface area (Å²) in [6, 6.07) is 19.3. The lowest BCUT2D eigenvalue weighted by Crippen LogP contribution is -2.52. The van der Waals surface area contributed by atoms with Crippen molar-refractivity contribution in [2.45, 2.75) is 75.9 Å². The zero-order valence-electron chi connectivity index (χ0n) is 24.1. The molecule has 1 N–H and O–H groups in total.